The molecule has 30 heavy (non-hydrogen) atoms. The molecule has 1 aromatic rings. The molecule has 0 spiro atoms. The molecule has 0 radical (unpaired) electrons. The van der Waals surface area contributed by atoms with Gasteiger partial charge in [0.1, 0.15) is 0 Å². The summed E-state index contributed by atoms with van der Waals surface area (Å²) in [6.45, 7) is 5.54. The fourth-order valence-corrected chi connectivity index (χ4v) is 4.23. The molecule has 1 atom stereocenters. The zero-order chi connectivity index (χ0) is 21.6. The number of halogens is 4. The lowest BCUT2D eigenvalue weighted by Gasteiger charge is -2.34. The lowest BCUT2D eigenvalue weighted by molar-refractivity contribution is -0.137. The van der Waals surface area contributed by atoms with Crippen LogP contribution in [0.15, 0.2) is 30.4 Å². The van der Waals surface area contributed by atoms with E-state index >= 15 is 0 Å². The van der Waals surface area contributed by atoms with Crippen LogP contribution in [0.25, 0.3) is 0 Å². The third-order valence-electron chi connectivity index (χ3n) is 5.46. The van der Waals surface area contributed by atoms with Gasteiger partial charge >= 0.3 is 6.18 Å². The fraction of sp³-hybridized carbons (Fsp3) is 0.571. The van der Waals surface area contributed by atoms with Crippen LogP contribution in [0.5, 0.6) is 0 Å². The van der Waals surface area contributed by atoms with Crippen molar-refractivity contribution in [1.29, 1.82) is 0 Å². The Labute approximate surface area is 186 Å². The van der Waals surface area contributed by atoms with Crippen LogP contribution in [-0.4, -0.2) is 60.8 Å². The minimum Gasteiger partial charge on any atom is -0.379 e. The third-order valence-corrected chi connectivity index (χ3v) is 6.15. The second-order valence-electron chi connectivity index (χ2n) is 7.67. The minimum atomic E-state index is -4.51. The van der Waals surface area contributed by atoms with Crippen molar-refractivity contribution in [3.8, 4) is 0 Å². The molecular formula is C21H27ClF3N3OS. The van der Waals surface area contributed by atoms with Crippen molar-refractivity contribution in [2.24, 2.45) is 5.92 Å². The summed E-state index contributed by atoms with van der Waals surface area (Å²) < 4.78 is 44.9. The molecular weight excluding hydrogens is 435 g/mol. The first-order chi connectivity index (χ1) is 14.3. The summed E-state index contributed by atoms with van der Waals surface area (Å²) in [7, 11) is 0. The molecule has 1 aromatic carbocycles. The summed E-state index contributed by atoms with van der Waals surface area (Å²) in [4.78, 5) is 4.40. The van der Waals surface area contributed by atoms with Gasteiger partial charge in [0, 0.05) is 38.4 Å². The first-order valence-corrected chi connectivity index (χ1v) is 11.0. The summed E-state index contributed by atoms with van der Waals surface area (Å²) in [5.41, 5.74) is -0.578. The molecule has 9 heteroatoms. The van der Waals surface area contributed by atoms with Crippen molar-refractivity contribution < 1.29 is 17.9 Å². The van der Waals surface area contributed by atoms with E-state index in [4.69, 9.17) is 28.6 Å². The van der Waals surface area contributed by atoms with Crippen molar-refractivity contribution in [3.63, 3.8) is 0 Å². The largest absolute Gasteiger partial charge is 0.417 e. The maximum absolute atomic E-state index is 13.2. The van der Waals surface area contributed by atoms with Crippen LogP contribution >= 0.6 is 23.8 Å². The first kappa shape index (κ1) is 23.3. The predicted molar refractivity (Wildman–Crippen MR) is 118 cm³/mol. The molecule has 0 saturated carbocycles. The van der Waals surface area contributed by atoms with Gasteiger partial charge in [0.15, 0.2) is 5.11 Å². The van der Waals surface area contributed by atoms with Gasteiger partial charge in [0.05, 0.1) is 23.8 Å². The highest BCUT2D eigenvalue weighted by Crippen LogP contribution is 2.36. The molecule has 1 N–H and O–H groups in total. The molecule has 1 saturated heterocycles. The maximum Gasteiger partial charge on any atom is 0.417 e. The molecule has 0 amide bonds. The second-order valence-corrected chi connectivity index (χ2v) is 8.47. The van der Waals surface area contributed by atoms with Gasteiger partial charge in [-0.25, -0.2) is 0 Å². The highest BCUT2D eigenvalue weighted by atomic mass is 35.5. The van der Waals surface area contributed by atoms with Gasteiger partial charge in [0.2, 0.25) is 0 Å². The van der Waals surface area contributed by atoms with Gasteiger partial charge in [0.25, 0.3) is 0 Å². The van der Waals surface area contributed by atoms with E-state index in [1.807, 2.05) is 0 Å². The van der Waals surface area contributed by atoms with Crippen LogP contribution in [0.3, 0.4) is 0 Å². The van der Waals surface area contributed by atoms with Crippen LogP contribution in [0, 0.1) is 5.92 Å². The normalized spacial score (nSPS) is 20.2. The second kappa shape index (κ2) is 10.8. The lowest BCUT2D eigenvalue weighted by atomic mass is 9.94. The molecule has 0 bridgehead atoms. The van der Waals surface area contributed by atoms with E-state index in [-0.39, 0.29) is 10.7 Å². The molecule has 0 aromatic heterocycles. The van der Waals surface area contributed by atoms with Gasteiger partial charge < -0.3 is 15.0 Å². The Hall–Kier alpha value is -1.35. The van der Waals surface area contributed by atoms with Gasteiger partial charge in [-0.05, 0) is 55.6 Å². The smallest absolute Gasteiger partial charge is 0.379 e. The number of ether oxygens (including phenoxy) is 1. The zero-order valence-electron chi connectivity index (χ0n) is 16.8. The predicted octanol–water partition coefficient (Wildman–Crippen LogP) is 5.05. The topological polar surface area (TPSA) is 27.7 Å². The monoisotopic (exact) mass is 461 g/mol. The first-order valence-electron chi connectivity index (χ1n) is 10.2. The number of nitrogens with zero attached hydrogens (tertiary/aromatic N) is 2. The summed E-state index contributed by atoms with van der Waals surface area (Å²) >= 11 is 11.3. The number of anilines is 1. The highest BCUT2D eigenvalue weighted by Gasteiger charge is 2.33. The summed E-state index contributed by atoms with van der Waals surface area (Å²) in [6, 6.07) is 3.78. The number of hydrogen-bond donors (Lipinski definition) is 1. The Morgan fingerprint density at radius 1 is 1.27 bits per heavy atom. The van der Waals surface area contributed by atoms with E-state index in [1.54, 1.807) is 0 Å². The Bertz CT molecular complexity index is 754. The van der Waals surface area contributed by atoms with Crippen molar-refractivity contribution in [1.82, 2.24) is 9.80 Å². The zero-order valence-corrected chi connectivity index (χ0v) is 18.3. The van der Waals surface area contributed by atoms with Gasteiger partial charge in [-0.2, -0.15) is 13.2 Å². The molecule has 3 rings (SSSR count). The Morgan fingerprint density at radius 3 is 2.70 bits per heavy atom. The highest BCUT2D eigenvalue weighted by molar-refractivity contribution is 7.80. The number of hydrogen-bond acceptors (Lipinski definition) is 3. The number of morpholine rings is 1. The number of nitrogens with one attached hydrogen (secondary N) is 1. The van der Waals surface area contributed by atoms with E-state index in [2.05, 4.69) is 27.3 Å². The van der Waals surface area contributed by atoms with Crippen molar-refractivity contribution in [2.45, 2.75) is 25.4 Å². The molecule has 1 heterocycles. The Morgan fingerprint density at radius 2 is 2.03 bits per heavy atom. The molecule has 1 aliphatic heterocycles. The van der Waals surface area contributed by atoms with E-state index in [9.17, 15) is 13.2 Å². The number of benzene rings is 1. The molecule has 0 unspecified atom stereocenters. The van der Waals surface area contributed by atoms with E-state index in [0.717, 1.165) is 64.7 Å². The van der Waals surface area contributed by atoms with Gasteiger partial charge in [-0.1, -0.05) is 23.8 Å². The SMILES string of the molecule is FC(F)(F)c1cc(NC(=S)N(CCN2CCOCC2)C[C@@H]2CC=CCC2)ccc1Cl. The lowest BCUT2D eigenvalue weighted by Crippen LogP contribution is -2.45. The number of thiocarbonyl (C=S) groups is 1. The van der Waals surface area contributed by atoms with Gasteiger partial charge in [-0.3, -0.25) is 4.90 Å². The molecule has 4 nitrogen and oxygen atoms in total. The average Bonchev–Trinajstić information content (AvgIpc) is 2.73. The number of rotatable bonds is 6. The molecule has 1 fully saturated rings. The quantitative estimate of drug-likeness (QED) is 0.473. The number of alkyl halides is 3. The summed E-state index contributed by atoms with van der Waals surface area (Å²) in [5, 5.41) is 3.11. The fourth-order valence-electron chi connectivity index (χ4n) is 3.72. The standard InChI is InChI=1S/C21H27ClF3N3OS/c22-19-7-6-17(14-18(19)21(23,24)25)26-20(30)28(15-16-4-2-1-3-5-16)9-8-27-10-12-29-13-11-27/h1-2,6-7,14,16H,3-5,8-13,15H2,(H,26,30)/t16-/m1/s1. The van der Waals surface area contributed by atoms with Crippen molar-refractivity contribution >= 4 is 34.6 Å². The van der Waals surface area contributed by atoms with Crippen LogP contribution in [-0.2, 0) is 10.9 Å². The molecule has 166 valence electrons. The van der Waals surface area contributed by atoms with Gasteiger partial charge in [-0.15, -0.1) is 0 Å². The molecule has 2 aliphatic rings. The van der Waals surface area contributed by atoms with E-state index in [1.165, 1.54) is 12.1 Å². The van der Waals surface area contributed by atoms with Crippen LogP contribution < -0.4 is 5.32 Å². The molecule has 1 aliphatic carbocycles. The summed E-state index contributed by atoms with van der Waals surface area (Å²) in [6.07, 6.45) is 3.01. The maximum atomic E-state index is 13.2. The van der Waals surface area contributed by atoms with E-state index < -0.39 is 11.7 Å². The van der Waals surface area contributed by atoms with Crippen LogP contribution in [0.2, 0.25) is 5.02 Å². The number of allylic oxidation sites excluding steroid dienone is 2. The van der Waals surface area contributed by atoms with Crippen molar-refractivity contribution in [2.75, 3.05) is 51.3 Å². The minimum absolute atomic E-state index is 0.289. The Balaban J connectivity index is 1.67. The van der Waals surface area contributed by atoms with Crippen molar-refractivity contribution in [3.05, 3.63) is 40.9 Å². The average molecular weight is 462 g/mol. The van der Waals surface area contributed by atoms with Crippen LogP contribution in [0.1, 0.15) is 24.8 Å². The summed E-state index contributed by atoms with van der Waals surface area (Å²) in [5.74, 6) is 0.482. The Kier molecular flexibility index (Phi) is 8.39. The third kappa shape index (κ3) is 6.83. The van der Waals surface area contributed by atoms with E-state index in [0.29, 0.717) is 17.6 Å². The van der Waals surface area contributed by atoms with Crippen LogP contribution in [0.4, 0.5) is 18.9 Å².